The largest absolute Gasteiger partial charge is 0.445 e. The van der Waals surface area contributed by atoms with Crippen LogP contribution in [0.2, 0.25) is 0 Å². The summed E-state index contributed by atoms with van der Waals surface area (Å²) in [5.74, 6) is 0. The van der Waals surface area contributed by atoms with Gasteiger partial charge in [-0.1, -0.05) is 60.7 Å². The van der Waals surface area contributed by atoms with Crippen LogP contribution in [0.4, 0.5) is 4.79 Å². The number of ether oxygens (including phenoxy) is 1. The lowest BCUT2D eigenvalue weighted by molar-refractivity contribution is 0.135. The summed E-state index contributed by atoms with van der Waals surface area (Å²) >= 11 is 0. The molecule has 1 heterocycles. The van der Waals surface area contributed by atoms with E-state index in [0.717, 1.165) is 31.6 Å². The molecule has 0 spiro atoms. The Bertz CT molecular complexity index is 616. The molecule has 0 radical (unpaired) electrons. The van der Waals surface area contributed by atoms with Crippen molar-refractivity contribution in [3.05, 3.63) is 71.8 Å². The molecule has 120 valence electrons. The number of carbonyl (C=O) groups is 1. The van der Waals surface area contributed by atoms with Gasteiger partial charge < -0.3 is 10.1 Å². The summed E-state index contributed by atoms with van der Waals surface area (Å²) in [6.45, 7) is 3.11. The number of hydrogen-bond acceptors (Lipinski definition) is 3. The lowest BCUT2D eigenvalue weighted by Gasteiger charge is -2.16. The lowest BCUT2D eigenvalue weighted by atomic mass is 10.2. The Morgan fingerprint density at radius 2 is 1.70 bits per heavy atom. The SMILES string of the molecule is O=C(N[C@H]1CCN(Cc2ccccc2)C1)OCc1ccccc1. The van der Waals surface area contributed by atoms with E-state index in [1.165, 1.54) is 5.56 Å². The molecular weight excluding hydrogens is 288 g/mol. The molecule has 0 saturated carbocycles. The van der Waals surface area contributed by atoms with Gasteiger partial charge in [0, 0.05) is 25.7 Å². The summed E-state index contributed by atoms with van der Waals surface area (Å²) in [6.07, 6.45) is 0.633. The van der Waals surface area contributed by atoms with Gasteiger partial charge in [0.1, 0.15) is 6.61 Å². The molecule has 0 bridgehead atoms. The maximum absolute atomic E-state index is 11.9. The highest BCUT2D eigenvalue weighted by molar-refractivity contribution is 5.67. The first kappa shape index (κ1) is 15.6. The van der Waals surface area contributed by atoms with Gasteiger partial charge in [0.05, 0.1) is 0 Å². The second-order valence-corrected chi connectivity index (χ2v) is 5.91. The molecule has 1 aliphatic rings. The van der Waals surface area contributed by atoms with E-state index < -0.39 is 0 Å². The van der Waals surface area contributed by atoms with Crippen LogP contribution in [0.3, 0.4) is 0 Å². The van der Waals surface area contributed by atoms with Crippen molar-refractivity contribution in [2.24, 2.45) is 0 Å². The van der Waals surface area contributed by atoms with Crippen molar-refractivity contribution in [1.82, 2.24) is 10.2 Å². The van der Waals surface area contributed by atoms with Gasteiger partial charge in [-0.3, -0.25) is 4.90 Å². The van der Waals surface area contributed by atoms with Crippen molar-refractivity contribution in [2.75, 3.05) is 13.1 Å². The van der Waals surface area contributed by atoms with E-state index in [4.69, 9.17) is 4.74 Å². The van der Waals surface area contributed by atoms with Crippen LogP contribution < -0.4 is 5.32 Å². The zero-order chi connectivity index (χ0) is 15.9. The fourth-order valence-corrected chi connectivity index (χ4v) is 2.87. The Hall–Kier alpha value is -2.33. The van der Waals surface area contributed by atoms with Crippen LogP contribution in [0.1, 0.15) is 17.5 Å². The van der Waals surface area contributed by atoms with Crippen LogP contribution in [0.15, 0.2) is 60.7 Å². The maximum atomic E-state index is 11.9. The molecule has 0 aliphatic carbocycles. The molecule has 4 heteroatoms. The number of alkyl carbamates (subject to hydrolysis) is 1. The molecule has 1 atom stereocenters. The highest BCUT2D eigenvalue weighted by atomic mass is 16.5. The van der Waals surface area contributed by atoms with Crippen LogP contribution in [0, 0.1) is 0 Å². The standard InChI is InChI=1S/C19H22N2O2/c22-19(23-15-17-9-5-2-6-10-17)20-18-11-12-21(14-18)13-16-7-3-1-4-8-16/h1-10,18H,11-15H2,(H,20,22)/t18-/m0/s1. The molecule has 2 aromatic carbocycles. The van der Waals surface area contributed by atoms with Crippen LogP contribution >= 0.6 is 0 Å². The first-order valence-electron chi connectivity index (χ1n) is 8.03. The van der Waals surface area contributed by atoms with Gasteiger partial charge in [0.25, 0.3) is 0 Å². The fourth-order valence-electron chi connectivity index (χ4n) is 2.87. The first-order valence-corrected chi connectivity index (χ1v) is 8.03. The second-order valence-electron chi connectivity index (χ2n) is 5.91. The minimum Gasteiger partial charge on any atom is -0.445 e. The normalized spacial score (nSPS) is 17.8. The Labute approximate surface area is 137 Å². The molecule has 1 N–H and O–H groups in total. The molecule has 0 unspecified atom stereocenters. The summed E-state index contributed by atoms with van der Waals surface area (Å²) in [5.41, 5.74) is 2.31. The topological polar surface area (TPSA) is 41.6 Å². The van der Waals surface area contributed by atoms with Crippen LogP contribution in [0.25, 0.3) is 0 Å². The van der Waals surface area contributed by atoms with E-state index >= 15 is 0 Å². The van der Waals surface area contributed by atoms with Crippen molar-refractivity contribution < 1.29 is 9.53 Å². The molecular formula is C19H22N2O2. The fraction of sp³-hybridized carbons (Fsp3) is 0.316. The quantitative estimate of drug-likeness (QED) is 0.922. The highest BCUT2D eigenvalue weighted by Crippen LogP contribution is 2.13. The Kier molecular flexibility index (Phi) is 5.27. The smallest absolute Gasteiger partial charge is 0.407 e. The van der Waals surface area contributed by atoms with Crippen LogP contribution in [0.5, 0.6) is 0 Å². The highest BCUT2D eigenvalue weighted by Gasteiger charge is 2.24. The van der Waals surface area contributed by atoms with E-state index in [9.17, 15) is 4.79 Å². The van der Waals surface area contributed by atoms with Crippen molar-refractivity contribution in [3.63, 3.8) is 0 Å². The number of carbonyl (C=O) groups excluding carboxylic acids is 1. The zero-order valence-electron chi connectivity index (χ0n) is 13.2. The number of nitrogens with zero attached hydrogens (tertiary/aromatic N) is 1. The Morgan fingerprint density at radius 1 is 1.04 bits per heavy atom. The van der Waals surface area contributed by atoms with E-state index in [-0.39, 0.29) is 12.1 Å². The minimum absolute atomic E-state index is 0.169. The Morgan fingerprint density at radius 3 is 2.39 bits per heavy atom. The summed E-state index contributed by atoms with van der Waals surface area (Å²) in [5, 5.41) is 2.96. The number of amides is 1. The molecule has 3 rings (SSSR count). The average molecular weight is 310 g/mol. The summed E-state index contributed by atoms with van der Waals surface area (Å²) in [6, 6.07) is 20.3. The third-order valence-electron chi connectivity index (χ3n) is 4.06. The van der Waals surface area contributed by atoms with Gasteiger partial charge >= 0.3 is 6.09 Å². The number of rotatable bonds is 5. The number of likely N-dealkylation sites (tertiary alicyclic amines) is 1. The minimum atomic E-state index is -0.333. The molecule has 0 aromatic heterocycles. The van der Waals surface area contributed by atoms with Gasteiger partial charge in [-0.05, 0) is 17.5 Å². The van der Waals surface area contributed by atoms with Crippen molar-refractivity contribution in [2.45, 2.75) is 25.6 Å². The van der Waals surface area contributed by atoms with Gasteiger partial charge in [-0.25, -0.2) is 4.79 Å². The predicted molar refractivity (Wildman–Crippen MR) is 89.9 cm³/mol. The molecule has 1 fully saturated rings. The number of nitrogens with one attached hydrogen (secondary N) is 1. The predicted octanol–water partition coefficient (Wildman–Crippen LogP) is 3.19. The van der Waals surface area contributed by atoms with Gasteiger partial charge in [-0.2, -0.15) is 0 Å². The van der Waals surface area contributed by atoms with Gasteiger partial charge in [0.2, 0.25) is 0 Å². The van der Waals surface area contributed by atoms with Crippen molar-refractivity contribution in [3.8, 4) is 0 Å². The monoisotopic (exact) mass is 310 g/mol. The van der Waals surface area contributed by atoms with Gasteiger partial charge in [0.15, 0.2) is 0 Å². The number of benzene rings is 2. The maximum Gasteiger partial charge on any atom is 0.407 e. The lowest BCUT2D eigenvalue weighted by Crippen LogP contribution is -2.37. The third kappa shape index (κ3) is 4.83. The molecule has 1 aliphatic heterocycles. The molecule has 1 amide bonds. The van der Waals surface area contributed by atoms with Crippen LogP contribution in [-0.4, -0.2) is 30.1 Å². The summed E-state index contributed by atoms with van der Waals surface area (Å²) in [7, 11) is 0. The molecule has 23 heavy (non-hydrogen) atoms. The van der Waals surface area contributed by atoms with Gasteiger partial charge in [-0.15, -0.1) is 0 Å². The van der Waals surface area contributed by atoms with E-state index in [2.05, 4.69) is 34.5 Å². The van der Waals surface area contributed by atoms with Crippen molar-refractivity contribution in [1.29, 1.82) is 0 Å². The Balaban J connectivity index is 1.40. The first-order chi connectivity index (χ1) is 11.3. The third-order valence-corrected chi connectivity index (χ3v) is 4.06. The molecule has 4 nitrogen and oxygen atoms in total. The summed E-state index contributed by atoms with van der Waals surface area (Å²) in [4.78, 5) is 14.2. The second kappa shape index (κ2) is 7.79. The van der Waals surface area contributed by atoms with Crippen LogP contribution in [-0.2, 0) is 17.9 Å². The van der Waals surface area contributed by atoms with E-state index in [1.807, 2.05) is 36.4 Å². The summed E-state index contributed by atoms with van der Waals surface area (Å²) < 4.78 is 5.27. The molecule has 2 aromatic rings. The van der Waals surface area contributed by atoms with Crippen molar-refractivity contribution >= 4 is 6.09 Å². The zero-order valence-corrected chi connectivity index (χ0v) is 13.2. The number of hydrogen-bond donors (Lipinski definition) is 1. The van der Waals surface area contributed by atoms with E-state index in [1.54, 1.807) is 0 Å². The average Bonchev–Trinajstić information content (AvgIpc) is 3.02. The molecule has 1 saturated heterocycles. The van der Waals surface area contributed by atoms with E-state index in [0.29, 0.717) is 6.61 Å².